The van der Waals surface area contributed by atoms with Gasteiger partial charge in [-0.1, -0.05) is 6.42 Å². The van der Waals surface area contributed by atoms with Crippen LogP contribution >= 0.6 is 0 Å². The smallest absolute Gasteiger partial charge is 0.271 e. The summed E-state index contributed by atoms with van der Waals surface area (Å²) in [4.78, 5) is 17.8. The Bertz CT molecular complexity index is 905. The molecule has 2 atom stereocenters. The first-order chi connectivity index (χ1) is 14.1. The Morgan fingerprint density at radius 2 is 2.03 bits per heavy atom. The Kier molecular flexibility index (Phi) is 5.69. The van der Waals surface area contributed by atoms with E-state index >= 15 is 0 Å². The number of aromatic nitrogens is 3. The van der Waals surface area contributed by atoms with E-state index in [-0.39, 0.29) is 18.1 Å². The number of aryl methyl sites for hydroxylation is 2. The second-order valence-electron chi connectivity index (χ2n) is 8.00. The minimum atomic E-state index is -0.202. The van der Waals surface area contributed by atoms with Crippen LogP contribution in [-0.2, 0) is 18.8 Å². The lowest BCUT2D eigenvalue weighted by Gasteiger charge is -2.43. The Hall–Kier alpha value is -2.63. The van der Waals surface area contributed by atoms with Gasteiger partial charge >= 0.3 is 0 Å². The molecule has 0 aliphatic carbocycles. The van der Waals surface area contributed by atoms with Gasteiger partial charge in [0.05, 0.1) is 30.5 Å². The molecule has 1 amide bonds. The highest BCUT2D eigenvalue weighted by molar-refractivity contribution is 5.93. The van der Waals surface area contributed by atoms with Gasteiger partial charge in [-0.3, -0.25) is 9.48 Å². The molecule has 2 aliphatic heterocycles. The highest BCUT2D eigenvalue weighted by Crippen LogP contribution is 2.32. The van der Waals surface area contributed by atoms with Crippen LogP contribution < -0.4 is 0 Å². The van der Waals surface area contributed by atoms with E-state index in [1.165, 1.54) is 19.3 Å². The molecule has 2 saturated heterocycles. The van der Waals surface area contributed by atoms with Crippen molar-refractivity contribution in [3.05, 3.63) is 41.5 Å². The normalized spacial score (nSPS) is 23.1. The van der Waals surface area contributed by atoms with Crippen LogP contribution in [0.5, 0.6) is 0 Å². The number of nitriles is 1. The number of rotatable bonds is 4. The van der Waals surface area contributed by atoms with Crippen molar-refractivity contribution in [2.24, 2.45) is 14.1 Å². The average Bonchev–Trinajstić information content (AvgIpc) is 3.33. The number of likely N-dealkylation sites (tertiary alicyclic amines) is 1. The van der Waals surface area contributed by atoms with E-state index in [0.29, 0.717) is 24.4 Å². The van der Waals surface area contributed by atoms with Crippen LogP contribution in [0.25, 0.3) is 0 Å². The maximum absolute atomic E-state index is 13.5. The molecule has 4 rings (SSSR count). The number of nitrogens with zero attached hydrogens (tertiary/aromatic N) is 6. The Labute approximate surface area is 171 Å². The number of piperidine rings is 1. The fourth-order valence-corrected chi connectivity index (χ4v) is 4.48. The van der Waals surface area contributed by atoms with Gasteiger partial charge in [0, 0.05) is 45.1 Å². The molecule has 0 saturated carbocycles. The third-order valence-corrected chi connectivity index (χ3v) is 5.92. The maximum Gasteiger partial charge on any atom is 0.271 e. The number of hydrogen-bond donors (Lipinski definition) is 0. The molecule has 29 heavy (non-hydrogen) atoms. The van der Waals surface area contributed by atoms with Crippen molar-refractivity contribution in [1.82, 2.24) is 24.1 Å². The first-order valence-corrected chi connectivity index (χ1v) is 10.3. The average molecular weight is 396 g/mol. The van der Waals surface area contributed by atoms with Crippen molar-refractivity contribution in [1.29, 1.82) is 5.26 Å². The van der Waals surface area contributed by atoms with Crippen molar-refractivity contribution < 1.29 is 9.53 Å². The SMILES string of the molecule is Cn1cc([C@H]2[C@H](CN3CCCCC3)OCCN2C(=O)c2cc(C#N)cn2C)cn1. The monoisotopic (exact) mass is 396 g/mol. The van der Waals surface area contributed by atoms with Crippen LogP contribution in [0.4, 0.5) is 0 Å². The van der Waals surface area contributed by atoms with E-state index in [1.807, 2.05) is 24.3 Å². The first kappa shape index (κ1) is 19.7. The van der Waals surface area contributed by atoms with Gasteiger partial charge in [-0.05, 0) is 32.0 Å². The lowest BCUT2D eigenvalue weighted by Crippen LogP contribution is -2.52. The van der Waals surface area contributed by atoms with E-state index < -0.39 is 0 Å². The van der Waals surface area contributed by atoms with Crippen LogP contribution in [0.3, 0.4) is 0 Å². The van der Waals surface area contributed by atoms with Gasteiger partial charge in [-0.2, -0.15) is 10.4 Å². The molecule has 0 radical (unpaired) electrons. The predicted molar refractivity (Wildman–Crippen MR) is 107 cm³/mol. The van der Waals surface area contributed by atoms with Gasteiger partial charge in [0.25, 0.3) is 5.91 Å². The maximum atomic E-state index is 13.5. The first-order valence-electron chi connectivity index (χ1n) is 10.3. The molecule has 8 nitrogen and oxygen atoms in total. The van der Waals surface area contributed by atoms with Gasteiger partial charge in [-0.15, -0.1) is 0 Å². The summed E-state index contributed by atoms with van der Waals surface area (Å²) in [6.07, 6.45) is 9.10. The molecule has 2 aromatic rings. The lowest BCUT2D eigenvalue weighted by atomic mass is 9.99. The van der Waals surface area contributed by atoms with Gasteiger partial charge < -0.3 is 19.1 Å². The topological polar surface area (TPSA) is 79.3 Å². The van der Waals surface area contributed by atoms with Crippen LogP contribution in [0.15, 0.2) is 24.7 Å². The Morgan fingerprint density at radius 1 is 1.24 bits per heavy atom. The van der Waals surface area contributed by atoms with Crippen molar-refractivity contribution in [3.8, 4) is 6.07 Å². The summed E-state index contributed by atoms with van der Waals surface area (Å²) in [5.41, 5.74) is 2.00. The standard InChI is InChI=1S/C21H28N6O2/c1-24-13-16(11-22)10-18(24)21(28)27-8-9-29-19(15-26-6-4-3-5-7-26)20(27)17-12-23-25(2)14-17/h10,12-14,19-20H,3-9,15H2,1-2H3/t19-,20-/m0/s1. The molecule has 2 aromatic heterocycles. The molecule has 0 spiro atoms. The highest BCUT2D eigenvalue weighted by atomic mass is 16.5. The van der Waals surface area contributed by atoms with Crippen molar-refractivity contribution in [3.63, 3.8) is 0 Å². The van der Waals surface area contributed by atoms with Gasteiger partial charge in [0.2, 0.25) is 0 Å². The molecule has 0 aromatic carbocycles. The Morgan fingerprint density at radius 3 is 2.69 bits per heavy atom. The predicted octanol–water partition coefficient (Wildman–Crippen LogP) is 1.70. The number of ether oxygens (including phenoxy) is 1. The van der Waals surface area contributed by atoms with Gasteiger partial charge in [0.1, 0.15) is 11.8 Å². The summed E-state index contributed by atoms with van der Waals surface area (Å²) in [5, 5.41) is 13.5. The number of amides is 1. The molecule has 0 bridgehead atoms. The molecule has 0 N–H and O–H groups in total. The highest BCUT2D eigenvalue weighted by Gasteiger charge is 2.39. The van der Waals surface area contributed by atoms with E-state index in [4.69, 9.17) is 4.74 Å². The number of morpholine rings is 1. The second kappa shape index (κ2) is 8.39. The van der Waals surface area contributed by atoms with Crippen molar-refractivity contribution >= 4 is 5.91 Å². The van der Waals surface area contributed by atoms with E-state index in [2.05, 4.69) is 16.1 Å². The van der Waals surface area contributed by atoms with E-state index in [1.54, 1.807) is 28.6 Å². The van der Waals surface area contributed by atoms with Crippen molar-refractivity contribution in [2.75, 3.05) is 32.8 Å². The Balaban J connectivity index is 1.64. The number of carbonyl (C=O) groups is 1. The number of hydrogen-bond acceptors (Lipinski definition) is 5. The van der Waals surface area contributed by atoms with Crippen LogP contribution in [-0.4, -0.2) is 68.9 Å². The summed E-state index contributed by atoms with van der Waals surface area (Å²) in [7, 11) is 3.69. The fourth-order valence-electron chi connectivity index (χ4n) is 4.48. The molecule has 154 valence electrons. The fraction of sp³-hybridized carbons (Fsp3) is 0.571. The summed E-state index contributed by atoms with van der Waals surface area (Å²) >= 11 is 0. The van der Waals surface area contributed by atoms with Crippen molar-refractivity contribution in [2.45, 2.75) is 31.4 Å². The molecule has 0 unspecified atom stereocenters. The third kappa shape index (κ3) is 4.07. The summed E-state index contributed by atoms with van der Waals surface area (Å²) in [6.45, 7) is 3.99. The molecule has 2 aliphatic rings. The number of carbonyl (C=O) groups excluding carboxylic acids is 1. The minimum Gasteiger partial charge on any atom is -0.373 e. The van der Waals surface area contributed by atoms with Gasteiger partial charge in [-0.25, -0.2) is 0 Å². The summed E-state index contributed by atoms with van der Waals surface area (Å²) in [6, 6.07) is 3.58. The van der Waals surface area contributed by atoms with Crippen LogP contribution in [0, 0.1) is 11.3 Å². The second-order valence-corrected chi connectivity index (χ2v) is 8.00. The molecule has 8 heteroatoms. The lowest BCUT2D eigenvalue weighted by molar-refractivity contribution is -0.0743. The van der Waals surface area contributed by atoms with Gasteiger partial charge in [0.15, 0.2) is 0 Å². The van der Waals surface area contributed by atoms with E-state index in [9.17, 15) is 10.1 Å². The zero-order valence-electron chi connectivity index (χ0n) is 17.1. The summed E-state index contributed by atoms with van der Waals surface area (Å²) < 4.78 is 9.70. The van der Waals surface area contributed by atoms with Crippen LogP contribution in [0.2, 0.25) is 0 Å². The third-order valence-electron chi connectivity index (χ3n) is 5.92. The molecule has 4 heterocycles. The zero-order chi connectivity index (χ0) is 20.4. The molecular formula is C21H28N6O2. The quantitative estimate of drug-likeness (QED) is 0.786. The molecular weight excluding hydrogens is 368 g/mol. The molecule has 2 fully saturated rings. The summed E-state index contributed by atoms with van der Waals surface area (Å²) in [5.74, 6) is -0.0743. The van der Waals surface area contributed by atoms with Crippen LogP contribution in [0.1, 0.15) is 46.9 Å². The van der Waals surface area contributed by atoms with E-state index in [0.717, 1.165) is 25.2 Å². The minimum absolute atomic E-state index is 0.0743. The largest absolute Gasteiger partial charge is 0.373 e. The zero-order valence-corrected chi connectivity index (χ0v) is 17.1.